The molecule has 0 radical (unpaired) electrons. The number of aromatic nitrogens is 2. The predicted octanol–water partition coefficient (Wildman–Crippen LogP) is 4.08. The molecule has 1 aliphatic heterocycles. The second kappa shape index (κ2) is 9.57. The summed E-state index contributed by atoms with van der Waals surface area (Å²) < 4.78 is 8.26. The van der Waals surface area contributed by atoms with Crippen LogP contribution in [0.5, 0.6) is 5.75 Å². The van der Waals surface area contributed by atoms with E-state index in [1.807, 2.05) is 52.1 Å². The van der Waals surface area contributed by atoms with Gasteiger partial charge in [0, 0.05) is 54.4 Å². The molecule has 0 aliphatic carbocycles. The number of methoxy groups -OCH3 is 1. The van der Waals surface area contributed by atoms with Crippen molar-refractivity contribution in [3.63, 3.8) is 0 Å². The Labute approximate surface area is 189 Å². The number of thioether (sulfide) groups is 1. The predicted molar refractivity (Wildman–Crippen MR) is 124 cm³/mol. The summed E-state index contributed by atoms with van der Waals surface area (Å²) in [6, 6.07) is 16.1. The van der Waals surface area contributed by atoms with E-state index in [0.717, 1.165) is 52.9 Å². The normalized spacial score (nSPS) is 14.1. The first-order chi connectivity index (χ1) is 14.6. The van der Waals surface area contributed by atoms with Gasteiger partial charge >= 0.3 is 0 Å². The molecule has 1 amide bonds. The first kappa shape index (κ1) is 20.8. The molecule has 2 aromatic carbocycles. The highest BCUT2D eigenvalue weighted by Crippen LogP contribution is 2.23. The number of piperazine rings is 1. The molecule has 1 aliphatic rings. The minimum Gasteiger partial charge on any atom is -0.497 e. The Bertz CT molecular complexity index is 983. The number of hydrogen-bond donors (Lipinski definition) is 0. The molecular weight excluding hydrogens is 464 g/mol. The fourth-order valence-electron chi connectivity index (χ4n) is 3.42. The van der Waals surface area contributed by atoms with Gasteiger partial charge in [-0.15, -0.1) is 0 Å². The van der Waals surface area contributed by atoms with Gasteiger partial charge in [-0.1, -0.05) is 27.7 Å². The van der Waals surface area contributed by atoms with Crippen LogP contribution in [0.25, 0.3) is 5.69 Å². The molecular formula is C22H23BrN4O2S. The largest absolute Gasteiger partial charge is 0.497 e. The molecule has 1 saturated heterocycles. The number of halogens is 1. The fourth-order valence-corrected chi connectivity index (χ4v) is 4.56. The lowest BCUT2D eigenvalue weighted by molar-refractivity contribution is -0.128. The van der Waals surface area contributed by atoms with Crippen molar-refractivity contribution in [1.29, 1.82) is 0 Å². The van der Waals surface area contributed by atoms with Gasteiger partial charge in [0.1, 0.15) is 5.75 Å². The van der Waals surface area contributed by atoms with Gasteiger partial charge in [0.15, 0.2) is 5.16 Å². The van der Waals surface area contributed by atoms with Crippen LogP contribution in [-0.2, 0) is 4.79 Å². The lowest BCUT2D eigenvalue weighted by Gasteiger charge is -2.36. The molecule has 0 unspecified atom stereocenters. The summed E-state index contributed by atoms with van der Waals surface area (Å²) in [5, 5.41) is 0.822. The highest BCUT2D eigenvalue weighted by atomic mass is 79.9. The van der Waals surface area contributed by atoms with E-state index >= 15 is 0 Å². The molecule has 0 N–H and O–H groups in total. The summed E-state index contributed by atoms with van der Waals surface area (Å²) in [5.41, 5.74) is 2.19. The van der Waals surface area contributed by atoms with Crippen molar-refractivity contribution in [2.24, 2.45) is 0 Å². The van der Waals surface area contributed by atoms with Crippen LogP contribution in [-0.4, -0.2) is 59.4 Å². The van der Waals surface area contributed by atoms with Crippen LogP contribution in [0.2, 0.25) is 0 Å². The van der Waals surface area contributed by atoms with Crippen molar-refractivity contribution in [2.45, 2.75) is 5.16 Å². The Kier molecular flexibility index (Phi) is 6.64. The number of hydrogen-bond acceptors (Lipinski definition) is 5. The maximum atomic E-state index is 12.7. The van der Waals surface area contributed by atoms with Crippen molar-refractivity contribution in [2.75, 3.05) is 43.9 Å². The molecule has 0 spiro atoms. The molecule has 2 heterocycles. The van der Waals surface area contributed by atoms with E-state index in [4.69, 9.17) is 4.74 Å². The zero-order valence-electron chi connectivity index (χ0n) is 16.7. The molecule has 156 valence electrons. The minimum atomic E-state index is 0.153. The first-order valence-corrected chi connectivity index (χ1v) is 11.5. The summed E-state index contributed by atoms with van der Waals surface area (Å²) in [7, 11) is 1.67. The first-order valence-electron chi connectivity index (χ1n) is 9.73. The average molecular weight is 487 g/mol. The van der Waals surface area contributed by atoms with Gasteiger partial charge in [-0.3, -0.25) is 9.36 Å². The van der Waals surface area contributed by atoms with Gasteiger partial charge < -0.3 is 14.5 Å². The Morgan fingerprint density at radius 1 is 1.03 bits per heavy atom. The van der Waals surface area contributed by atoms with Gasteiger partial charge in [0.25, 0.3) is 0 Å². The summed E-state index contributed by atoms with van der Waals surface area (Å²) in [6.45, 7) is 3.12. The van der Waals surface area contributed by atoms with E-state index in [2.05, 4.69) is 37.9 Å². The molecule has 3 aromatic rings. The molecule has 0 saturated carbocycles. The van der Waals surface area contributed by atoms with E-state index < -0.39 is 0 Å². The number of amides is 1. The maximum absolute atomic E-state index is 12.7. The molecule has 6 nitrogen and oxygen atoms in total. The zero-order chi connectivity index (χ0) is 20.9. The van der Waals surface area contributed by atoms with Gasteiger partial charge in [0.2, 0.25) is 5.91 Å². The lowest BCUT2D eigenvalue weighted by Crippen LogP contribution is -2.49. The Balaban J connectivity index is 1.30. The number of imidazole rings is 1. The third kappa shape index (κ3) is 4.82. The number of rotatable bonds is 6. The second-order valence-corrected chi connectivity index (χ2v) is 8.77. The SMILES string of the molecule is COc1ccc(N2CCN(C(=O)CSc3nccn3-c3ccc(Br)cc3)CC2)cc1. The third-order valence-corrected chi connectivity index (χ3v) is 6.59. The monoisotopic (exact) mass is 486 g/mol. The van der Waals surface area contributed by atoms with Crippen LogP contribution >= 0.6 is 27.7 Å². The number of carbonyl (C=O) groups is 1. The van der Waals surface area contributed by atoms with Crippen LogP contribution in [0.3, 0.4) is 0 Å². The van der Waals surface area contributed by atoms with Crippen LogP contribution in [0, 0.1) is 0 Å². The van der Waals surface area contributed by atoms with Crippen molar-refractivity contribution < 1.29 is 9.53 Å². The highest BCUT2D eigenvalue weighted by molar-refractivity contribution is 9.10. The van der Waals surface area contributed by atoms with E-state index in [1.54, 1.807) is 13.3 Å². The van der Waals surface area contributed by atoms with Crippen molar-refractivity contribution in [3.05, 3.63) is 65.4 Å². The Morgan fingerprint density at radius 3 is 2.37 bits per heavy atom. The summed E-state index contributed by atoms with van der Waals surface area (Å²) in [4.78, 5) is 21.4. The van der Waals surface area contributed by atoms with Gasteiger partial charge in [-0.2, -0.15) is 0 Å². The van der Waals surface area contributed by atoms with Crippen LogP contribution in [0.4, 0.5) is 5.69 Å². The summed E-state index contributed by atoms with van der Waals surface area (Å²) >= 11 is 4.93. The van der Waals surface area contributed by atoms with Gasteiger partial charge in [0.05, 0.1) is 12.9 Å². The van der Waals surface area contributed by atoms with Gasteiger partial charge in [-0.05, 0) is 48.5 Å². The molecule has 30 heavy (non-hydrogen) atoms. The number of nitrogens with zero attached hydrogens (tertiary/aromatic N) is 4. The van der Waals surface area contributed by atoms with Crippen LogP contribution in [0.15, 0.2) is 70.6 Å². The molecule has 1 fully saturated rings. The average Bonchev–Trinajstić information content (AvgIpc) is 3.27. The summed E-state index contributed by atoms with van der Waals surface area (Å²) in [6.07, 6.45) is 3.69. The molecule has 0 atom stereocenters. The molecule has 8 heteroatoms. The van der Waals surface area contributed by atoms with E-state index in [1.165, 1.54) is 11.8 Å². The Hall–Kier alpha value is -2.45. The third-order valence-electron chi connectivity index (χ3n) is 5.11. The van der Waals surface area contributed by atoms with Crippen molar-refractivity contribution in [1.82, 2.24) is 14.5 Å². The molecule has 0 bridgehead atoms. The van der Waals surface area contributed by atoms with Crippen LogP contribution < -0.4 is 9.64 Å². The van der Waals surface area contributed by atoms with E-state index in [9.17, 15) is 4.79 Å². The topological polar surface area (TPSA) is 50.6 Å². The minimum absolute atomic E-state index is 0.153. The molecule has 4 rings (SSSR count). The Morgan fingerprint density at radius 2 is 1.70 bits per heavy atom. The van der Waals surface area contributed by atoms with Crippen LogP contribution in [0.1, 0.15) is 0 Å². The quantitative estimate of drug-likeness (QED) is 0.491. The maximum Gasteiger partial charge on any atom is 0.233 e. The van der Waals surface area contributed by atoms with Crippen molar-refractivity contribution in [3.8, 4) is 11.4 Å². The second-order valence-electron chi connectivity index (χ2n) is 6.91. The van der Waals surface area contributed by atoms with Crippen molar-refractivity contribution >= 4 is 39.3 Å². The highest BCUT2D eigenvalue weighted by Gasteiger charge is 2.22. The standard InChI is InChI=1S/C22H23BrN4O2S/c1-29-20-8-6-18(7-9-20)25-12-14-26(15-13-25)21(28)16-30-22-24-10-11-27(22)19-4-2-17(23)3-5-19/h2-11H,12-16H2,1H3. The smallest absolute Gasteiger partial charge is 0.233 e. The number of benzene rings is 2. The molecule has 1 aromatic heterocycles. The fraction of sp³-hybridized carbons (Fsp3) is 0.273. The summed E-state index contributed by atoms with van der Waals surface area (Å²) in [5.74, 6) is 1.39. The number of carbonyl (C=O) groups excluding carboxylic acids is 1. The van der Waals surface area contributed by atoms with E-state index in [-0.39, 0.29) is 5.91 Å². The lowest BCUT2D eigenvalue weighted by atomic mass is 10.2. The van der Waals surface area contributed by atoms with Gasteiger partial charge in [-0.25, -0.2) is 4.98 Å². The zero-order valence-corrected chi connectivity index (χ0v) is 19.1. The number of anilines is 1. The van der Waals surface area contributed by atoms with E-state index in [0.29, 0.717) is 5.75 Å². The number of ether oxygens (including phenoxy) is 1.